The zero-order valence-electron chi connectivity index (χ0n) is 11.3. The fourth-order valence-corrected chi connectivity index (χ4v) is 2.49. The van der Waals surface area contributed by atoms with Crippen molar-refractivity contribution < 1.29 is 9.53 Å². The molecule has 0 atom stereocenters. The molecule has 0 heterocycles. The van der Waals surface area contributed by atoms with E-state index < -0.39 is 0 Å². The average molecular weight is 272 g/mol. The minimum absolute atomic E-state index is 0.00241. The van der Waals surface area contributed by atoms with Crippen LogP contribution in [0, 0.1) is 6.92 Å². The van der Waals surface area contributed by atoms with Crippen LogP contribution in [0.25, 0.3) is 0 Å². The Hall–Kier alpha value is -1.74. The molecule has 0 radical (unpaired) electrons. The number of ketones is 1. The minimum Gasteiger partial charge on any atom is -0.496 e. The molecule has 0 fully saturated rings. The van der Waals surface area contributed by atoms with Crippen LogP contribution in [0.4, 0.5) is 0 Å². The Morgan fingerprint density at radius 1 is 1.11 bits per heavy atom. The van der Waals surface area contributed by atoms with Gasteiger partial charge < -0.3 is 4.74 Å². The molecule has 0 aliphatic rings. The number of aryl methyl sites for hydroxylation is 1. The maximum absolute atomic E-state index is 12.6. The van der Waals surface area contributed by atoms with E-state index in [1.807, 2.05) is 43.5 Å². The number of methoxy groups -OCH3 is 1. The summed E-state index contributed by atoms with van der Waals surface area (Å²) in [5.41, 5.74) is 2.31. The van der Waals surface area contributed by atoms with Gasteiger partial charge in [0, 0.05) is 10.5 Å². The highest BCUT2D eigenvalue weighted by molar-refractivity contribution is 7.98. The zero-order chi connectivity index (χ0) is 13.8. The van der Waals surface area contributed by atoms with Crippen molar-refractivity contribution in [2.24, 2.45) is 0 Å². The molecule has 2 aromatic rings. The lowest BCUT2D eigenvalue weighted by Gasteiger charge is -2.10. The van der Waals surface area contributed by atoms with Gasteiger partial charge in [-0.2, -0.15) is 0 Å². The first-order valence-electron chi connectivity index (χ1n) is 5.99. The Balaban J connectivity index is 2.44. The molecule has 2 aromatic carbocycles. The third kappa shape index (κ3) is 2.82. The minimum atomic E-state index is 0.00241. The first kappa shape index (κ1) is 13.7. The van der Waals surface area contributed by atoms with Gasteiger partial charge >= 0.3 is 0 Å². The van der Waals surface area contributed by atoms with E-state index in [4.69, 9.17) is 4.74 Å². The molecule has 0 N–H and O–H groups in total. The summed E-state index contributed by atoms with van der Waals surface area (Å²) in [4.78, 5) is 13.7. The van der Waals surface area contributed by atoms with Crippen molar-refractivity contribution >= 4 is 17.5 Å². The number of carbonyl (C=O) groups is 1. The number of para-hydroxylation sites is 1. The highest BCUT2D eigenvalue weighted by Gasteiger charge is 2.15. The van der Waals surface area contributed by atoms with Crippen molar-refractivity contribution in [1.82, 2.24) is 0 Å². The van der Waals surface area contributed by atoms with Gasteiger partial charge in [0.15, 0.2) is 5.78 Å². The lowest BCUT2D eigenvalue weighted by molar-refractivity contribution is 0.103. The summed E-state index contributed by atoms with van der Waals surface area (Å²) in [7, 11) is 1.58. The summed E-state index contributed by atoms with van der Waals surface area (Å²) in [6, 6.07) is 13.2. The van der Waals surface area contributed by atoms with E-state index in [9.17, 15) is 4.79 Å². The maximum Gasteiger partial charge on any atom is 0.197 e. The summed E-state index contributed by atoms with van der Waals surface area (Å²) < 4.78 is 5.25. The molecule has 0 spiro atoms. The fourth-order valence-electron chi connectivity index (χ4n) is 2.00. The number of hydrogen-bond donors (Lipinski definition) is 0. The predicted octanol–water partition coefficient (Wildman–Crippen LogP) is 3.96. The van der Waals surface area contributed by atoms with Gasteiger partial charge in [-0.1, -0.05) is 12.1 Å². The normalized spacial score (nSPS) is 10.3. The second-order valence-electron chi connectivity index (χ2n) is 4.21. The van der Waals surface area contributed by atoms with Crippen molar-refractivity contribution in [2.75, 3.05) is 13.4 Å². The standard InChI is InChI=1S/C16H16O2S/c1-11-10-12(19-3)8-9-13(11)16(17)14-6-4-5-7-15(14)18-2/h4-10H,1-3H3. The molecule has 0 amide bonds. The van der Waals surface area contributed by atoms with Crippen molar-refractivity contribution in [3.05, 3.63) is 59.2 Å². The lowest BCUT2D eigenvalue weighted by atomic mass is 9.98. The number of thioether (sulfide) groups is 1. The van der Waals surface area contributed by atoms with E-state index in [-0.39, 0.29) is 5.78 Å². The highest BCUT2D eigenvalue weighted by atomic mass is 32.2. The fraction of sp³-hybridized carbons (Fsp3) is 0.188. The number of ether oxygens (including phenoxy) is 1. The summed E-state index contributed by atoms with van der Waals surface area (Å²) in [6.45, 7) is 1.96. The van der Waals surface area contributed by atoms with Gasteiger partial charge in [0.25, 0.3) is 0 Å². The summed E-state index contributed by atoms with van der Waals surface area (Å²) >= 11 is 1.67. The topological polar surface area (TPSA) is 26.3 Å². The van der Waals surface area contributed by atoms with E-state index >= 15 is 0 Å². The molecule has 19 heavy (non-hydrogen) atoms. The molecule has 0 aromatic heterocycles. The molecule has 2 rings (SSSR count). The smallest absolute Gasteiger partial charge is 0.197 e. The molecule has 0 bridgehead atoms. The number of rotatable bonds is 4. The third-order valence-electron chi connectivity index (χ3n) is 3.03. The summed E-state index contributed by atoms with van der Waals surface area (Å²) in [5, 5.41) is 0. The van der Waals surface area contributed by atoms with Crippen LogP contribution in [0.3, 0.4) is 0 Å². The lowest BCUT2D eigenvalue weighted by Crippen LogP contribution is -2.05. The molecule has 0 saturated heterocycles. The van der Waals surface area contributed by atoms with Gasteiger partial charge in [-0.05, 0) is 49.1 Å². The van der Waals surface area contributed by atoms with Crippen LogP contribution in [0.1, 0.15) is 21.5 Å². The molecule has 3 heteroatoms. The second-order valence-corrected chi connectivity index (χ2v) is 5.09. The van der Waals surface area contributed by atoms with E-state index in [0.29, 0.717) is 11.3 Å². The van der Waals surface area contributed by atoms with E-state index in [1.54, 1.807) is 31.0 Å². The van der Waals surface area contributed by atoms with Gasteiger partial charge in [-0.3, -0.25) is 4.79 Å². The molecule has 2 nitrogen and oxygen atoms in total. The first-order valence-corrected chi connectivity index (χ1v) is 7.22. The number of benzene rings is 2. The van der Waals surface area contributed by atoms with Gasteiger partial charge in [0.05, 0.1) is 12.7 Å². The Kier molecular flexibility index (Phi) is 4.27. The zero-order valence-corrected chi connectivity index (χ0v) is 12.1. The second kappa shape index (κ2) is 5.93. The number of carbonyl (C=O) groups excluding carboxylic acids is 1. The Morgan fingerprint density at radius 3 is 2.47 bits per heavy atom. The molecule has 0 aliphatic carbocycles. The first-order chi connectivity index (χ1) is 9.17. The molecule has 0 saturated carbocycles. The average Bonchev–Trinajstić information content (AvgIpc) is 2.46. The Morgan fingerprint density at radius 2 is 1.84 bits per heavy atom. The maximum atomic E-state index is 12.6. The van der Waals surface area contributed by atoms with Crippen LogP contribution in [0.5, 0.6) is 5.75 Å². The molecule has 0 aliphatic heterocycles. The highest BCUT2D eigenvalue weighted by Crippen LogP contribution is 2.25. The summed E-state index contributed by atoms with van der Waals surface area (Å²) in [5.74, 6) is 0.614. The van der Waals surface area contributed by atoms with Crippen LogP contribution in [0.2, 0.25) is 0 Å². The molecular formula is C16H16O2S. The van der Waals surface area contributed by atoms with Gasteiger partial charge in [0.2, 0.25) is 0 Å². The van der Waals surface area contributed by atoms with Gasteiger partial charge in [0.1, 0.15) is 5.75 Å². The van der Waals surface area contributed by atoms with Gasteiger partial charge in [-0.25, -0.2) is 0 Å². The van der Waals surface area contributed by atoms with Crippen LogP contribution >= 0.6 is 11.8 Å². The Bertz CT molecular complexity index is 605. The SMILES string of the molecule is COc1ccccc1C(=O)c1ccc(SC)cc1C. The van der Waals surface area contributed by atoms with Crippen molar-refractivity contribution in [3.8, 4) is 5.75 Å². The van der Waals surface area contributed by atoms with E-state index in [1.165, 1.54) is 0 Å². The predicted molar refractivity (Wildman–Crippen MR) is 79.4 cm³/mol. The molecular weight excluding hydrogens is 256 g/mol. The number of hydrogen-bond acceptors (Lipinski definition) is 3. The van der Waals surface area contributed by atoms with Crippen LogP contribution in [0.15, 0.2) is 47.4 Å². The van der Waals surface area contributed by atoms with Crippen molar-refractivity contribution in [3.63, 3.8) is 0 Å². The van der Waals surface area contributed by atoms with E-state index in [2.05, 4.69) is 0 Å². The third-order valence-corrected chi connectivity index (χ3v) is 3.76. The monoisotopic (exact) mass is 272 g/mol. The summed E-state index contributed by atoms with van der Waals surface area (Å²) in [6.07, 6.45) is 2.02. The largest absolute Gasteiger partial charge is 0.496 e. The van der Waals surface area contributed by atoms with E-state index in [0.717, 1.165) is 16.0 Å². The van der Waals surface area contributed by atoms with Gasteiger partial charge in [-0.15, -0.1) is 11.8 Å². The molecule has 0 unspecified atom stereocenters. The van der Waals surface area contributed by atoms with Crippen molar-refractivity contribution in [2.45, 2.75) is 11.8 Å². The molecule has 98 valence electrons. The Labute approximate surface area is 117 Å². The van der Waals surface area contributed by atoms with Crippen LogP contribution in [-0.4, -0.2) is 19.1 Å². The quantitative estimate of drug-likeness (QED) is 0.622. The van der Waals surface area contributed by atoms with Crippen LogP contribution < -0.4 is 4.74 Å². The van der Waals surface area contributed by atoms with Crippen LogP contribution in [-0.2, 0) is 0 Å². The van der Waals surface area contributed by atoms with Crippen molar-refractivity contribution in [1.29, 1.82) is 0 Å².